The van der Waals surface area contributed by atoms with Gasteiger partial charge in [-0.05, 0) is 60.4 Å². The zero-order valence-electron chi connectivity index (χ0n) is 24.2. The normalized spacial score (nSPS) is 16.9. The standard InChI is InChI=1S/C35H36ClNO5/c1-4-31(33(38)39)42-32-11-6-5-9-26(32)18-19-35(40-22-34(2,3)23-41-35)27-10-7-8-24(20-27)12-16-29-17-14-25-13-15-28(36)21-30(25)37-29/h5-17,20-21,31H,4,18-19,22-23H2,1-3H3,(H,38,39). The maximum atomic E-state index is 11.6. The van der Waals surface area contributed by atoms with Gasteiger partial charge in [0.1, 0.15) is 5.75 Å². The van der Waals surface area contributed by atoms with E-state index in [4.69, 9.17) is 30.8 Å². The van der Waals surface area contributed by atoms with Crippen molar-refractivity contribution in [1.29, 1.82) is 0 Å². The summed E-state index contributed by atoms with van der Waals surface area (Å²) in [6, 6.07) is 25.5. The Balaban J connectivity index is 1.40. The summed E-state index contributed by atoms with van der Waals surface area (Å²) in [6.07, 6.45) is 4.60. The quantitative estimate of drug-likeness (QED) is 0.202. The predicted molar refractivity (Wildman–Crippen MR) is 167 cm³/mol. The SMILES string of the molecule is CCC(Oc1ccccc1CCC1(c2cccc(C=Cc3ccc4ccc(Cl)cc4n3)c2)OCC(C)(C)CO1)C(=O)O. The van der Waals surface area contributed by atoms with Crippen LogP contribution in [0.1, 0.15) is 56.0 Å². The molecule has 0 aliphatic carbocycles. The third-order valence-corrected chi connectivity index (χ3v) is 7.69. The second-order valence-electron chi connectivity index (χ2n) is 11.5. The highest BCUT2D eigenvalue weighted by atomic mass is 35.5. The van der Waals surface area contributed by atoms with Crippen LogP contribution in [0.15, 0.2) is 78.9 Å². The minimum absolute atomic E-state index is 0.109. The Labute approximate surface area is 251 Å². The van der Waals surface area contributed by atoms with Gasteiger partial charge in [0.2, 0.25) is 0 Å². The van der Waals surface area contributed by atoms with Gasteiger partial charge in [-0.1, -0.05) is 87.0 Å². The highest BCUT2D eigenvalue weighted by Gasteiger charge is 2.42. The Morgan fingerprint density at radius 1 is 1.02 bits per heavy atom. The van der Waals surface area contributed by atoms with Crippen molar-refractivity contribution in [1.82, 2.24) is 4.98 Å². The van der Waals surface area contributed by atoms with Crippen LogP contribution < -0.4 is 4.74 Å². The number of fused-ring (bicyclic) bond motifs is 1. The summed E-state index contributed by atoms with van der Waals surface area (Å²) in [5, 5.41) is 11.2. The number of hydrogen-bond acceptors (Lipinski definition) is 5. The largest absolute Gasteiger partial charge is 0.479 e. The van der Waals surface area contributed by atoms with Gasteiger partial charge < -0.3 is 19.3 Å². The van der Waals surface area contributed by atoms with Crippen molar-refractivity contribution in [3.63, 3.8) is 0 Å². The van der Waals surface area contributed by atoms with Gasteiger partial charge in [0.25, 0.3) is 0 Å². The molecule has 1 saturated heterocycles. The van der Waals surface area contributed by atoms with E-state index in [9.17, 15) is 9.90 Å². The molecule has 3 aromatic carbocycles. The fourth-order valence-electron chi connectivity index (χ4n) is 5.01. The summed E-state index contributed by atoms with van der Waals surface area (Å²) in [5.74, 6) is -1.36. The molecule has 42 heavy (non-hydrogen) atoms. The van der Waals surface area contributed by atoms with Crippen molar-refractivity contribution in [2.75, 3.05) is 13.2 Å². The molecule has 2 heterocycles. The van der Waals surface area contributed by atoms with Crippen molar-refractivity contribution < 1.29 is 24.1 Å². The maximum Gasteiger partial charge on any atom is 0.344 e. The number of para-hydroxylation sites is 1. The molecule has 1 fully saturated rings. The number of carboxylic acid groups (broad SMARTS) is 1. The van der Waals surface area contributed by atoms with Crippen LogP contribution in [0.4, 0.5) is 0 Å². The zero-order valence-corrected chi connectivity index (χ0v) is 24.9. The number of hydrogen-bond donors (Lipinski definition) is 1. The molecular weight excluding hydrogens is 550 g/mol. The van der Waals surface area contributed by atoms with Crippen LogP contribution in [0.5, 0.6) is 5.75 Å². The van der Waals surface area contributed by atoms with Crippen molar-refractivity contribution in [2.45, 2.75) is 51.9 Å². The first-order valence-corrected chi connectivity index (χ1v) is 14.6. The highest BCUT2D eigenvalue weighted by molar-refractivity contribution is 6.31. The minimum Gasteiger partial charge on any atom is -0.479 e. The molecule has 1 N–H and O–H groups in total. The smallest absolute Gasteiger partial charge is 0.344 e. The van der Waals surface area contributed by atoms with Crippen LogP contribution in [0.25, 0.3) is 23.1 Å². The first-order chi connectivity index (χ1) is 20.2. The lowest BCUT2D eigenvalue weighted by Crippen LogP contribution is -2.46. The Hall–Kier alpha value is -3.71. The second-order valence-corrected chi connectivity index (χ2v) is 11.9. The average molecular weight is 586 g/mol. The van der Waals surface area contributed by atoms with E-state index in [1.807, 2.05) is 84.9 Å². The fourth-order valence-corrected chi connectivity index (χ4v) is 5.17. The third-order valence-electron chi connectivity index (χ3n) is 7.45. The van der Waals surface area contributed by atoms with E-state index in [-0.39, 0.29) is 5.41 Å². The van der Waals surface area contributed by atoms with Crippen LogP contribution in [-0.2, 0) is 26.5 Å². The molecule has 5 rings (SSSR count). The molecule has 0 saturated carbocycles. The zero-order chi connectivity index (χ0) is 29.7. The van der Waals surface area contributed by atoms with Crippen molar-refractivity contribution >= 4 is 40.6 Å². The molecule has 218 valence electrons. The van der Waals surface area contributed by atoms with Crippen molar-refractivity contribution in [3.8, 4) is 5.75 Å². The number of rotatable bonds is 10. The van der Waals surface area contributed by atoms with Gasteiger partial charge in [-0.2, -0.15) is 0 Å². The van der Waals surface area contributed by atoms with Gasteiger partial charge in [-0.15, -0.1) is 0 Å². The summed E-state index contributed by atoms with van der Waals surface area (Å²) in [6.45, 7) is 7.14. The first-order valence-electron chi connectivity index (χ1n) is 14.3. The molecule has 1 aliphatic rings. The van der Waals surface area contributed by atoms with Gasteiger partial charge in [-0.3, -0.25) is 0 Å². The van der Waals surface area contributed by atoms with Crippen molar-refractivity contribution in [2.24, 2.45) is 5.41 Å². The minimum atomic E-state index is -0.975. The number of nitrogens with zero attached hydrogens (tertiary/aromatic N) is 1. The van der Waals surface area contributed by atoms with Gasteiger partial charge in [0.05, 0.1) is 24.4 Å². The monoisotopic (exact) mass is 585 g/mol. The van der Waals surface area contributed by atoms with Crippen molar-refractivity contribution in [3.05, 3.63) is 106 Å². The van der Waals surface area contributed by atoms with E-state index in [1.165, 1.54) is 0 Å². The van der Waals surface area contributed by atoms with E-state index in [0.29, 0.717) is 43.2 Å². The van der Waals surface area contributed by atoms with E-state index in [1.54, 1.807) is 6.92 Å². The summed E-state index contributed by atoms with van der Waals surface area (Å²) >= 11 is 6.17. The summed E-state index contributed by atoms with van der Waals surface area (Å²) < 4.78 is 19.0. The number of ether oxygens (including phenoxy) is 3. The topological polar surface area (TPSA) is 77.9 Å². The van der Waals surface area contributed by atoms with E-state index >= 15 is 0 Å². The predicted octanol–water partition coefficient (Wildman–Crippen LogP) is 8.16. The van der Waals surface area contributed by atoms with Crippen LogP contribution in [0.2, 0.25) is 5.02 Å². The fraction of sp³-hybridized carbons (Fsp3) is 0.314. The number of halogens is 1. The van der Waals surface area contributed by atoms with Gasteiger partial charge in [0, 0.05) is 27.8 Å². The summed E-state index contributed by atoms with van der Waals surface area (Å²) in [5.41, 5.74) is 4.40. The number of aromatic nitrogens is 1. The van der Waals surface area contributed by atoms with Crippen LogP contribution in [0.3, 0.4) is 0 Å². The van der Waals surface area contributed by atoms with Gasteiger partial charge >= 0.3 is 5.97 Å². The number of aliphatic carboxylic acids is 1. The van der Waals surface area contributed by atoms with Crippen LogP contribution in [0, 0.1) is 5.41 Å². The number of carbonyl (C=O) groups is 1. The molecule has 1 atom stereocenters. The summed E-state index contributed by atoms with van der Waals surface area (Å²) in [7, 11) is 0. The third kappa shape index (κ3) is 7.01. The average Bonchev–Trinajstić information content (AvgIpc) is 2.98. The Morgan fingerprint density at radius 3 is 2.55 bits per heavy atom. The number of benzene rings is 3. The molecular formula is C35H36ClNO5. The molecule has 1 aromatic heterocycles. The maximum absolute atomic E-state index is 11.6. The van der Waals surface area contributed by atoms with Crippen LogP contribution >= 0.6 is 11.6 Å². The summed E-state index contributed by atoms with van der Waals surface area (Å²) in [4.78, 5) is 16.3. The lowest BCUT2D eigenvalue weighted by molar-refractivity contribution is -0.310. The Bertz CT molecular complexity index is 1590. The number of aryl methyl sites for hydroxylation is 1. The molecule has 7 heteroatoms. The Morgan fingerprint density at radius 2 is 1.79 bits per heavy atom. The van der Waals surface area contributed by atoms with Crippen LogP contribution in [-0.4, -0.2) is 35.4 Å². The lowest BCUT2D eigenvalue weighted by Gasteiger charge is -2.44. The Kier molecular flexibility index (Phi) is 8.97. The molecule has 0 radical (unpaired) electrons. The molecule has 0 bridgehead atoms. The van der Waals surface area contributed by atoms with Gasteiger partial charge in [-0.25, -0.2) is 9.78 Å². The number of pyridine rings is 1. The lowest BCUT2D eigenvalue weighted by atomic mass is 9.90. The number of carboxylic acids is 1. The first kappa shape index (κ1) is 29.8. The van der Waals surface area contributed by atoms with E-state index in [0.717, 1.165) is 33.3 Å². The molecule has 1 aliphatic heterocycles. The van der Waals surface area contributed by atoms with E-state index in [2.05, 4.69) is 19.9 Å². The molecule has 4 aromatic rings. The molecule has 0 amide bonds. The van der Waals surface area contributed by atoms with E-state index < -0.39 is 17.9 Å². The molecule has 0 spiro atoms. The molecule has 1 unspecified atom stereocenters. The molecule has 6 nitrogen and oxygen atoms in total. The highest BCUT2D eigenvalue weighted by Crippen LogP contribution is 2.41. The van der Waals surface area contributed by atoms with Gasteiger partial charge in [0.15, 0.2) is 11.9 Å². The second kappa shape index (κ2) is 12.7.